The number of anilines is 1. The molecule has 0 saturated carbocycles. The highest BCUT2D eigenvalue weighted by Crippen LogP contribution is 2.35. The SMILES string of the molecule is COCc1ccnc(N2CC[C@H]([C@H](CC#N)n3cc(-c4ncnc5c4ccn5COCC[Si](C)(C)C)cn3)C2)c1C#N. The Morgan fingerprint density at radius 2 is 2.02 bits per heavy atom. The summed E-state index contributed by atoms with van der Waals surface area (Å²) in [5.41, 5.74) is 3.85. The predicted molar refractivity (Wildman–Crippen MR) is 162 cm³/mol. The third-order valence-corrected chi connectivity index (χ3v) is 9.50. The molecular formula is C30H37N9O2Si. The molecule has 0 bridgehead atoms. The van der Waals surface area contributed by atoms with Crippen molar-refractivity contribution >= 4 is 24.9 Å². The van der Waals surface area contributed by atoms with Gasteiger partial charge in [0, 0.05) is 75.9 Å². The second kappa shape index (κ2) is 12.8. The molecule has 0 spiro atoms. The topological polar surface area (TPSA) is 131 Å². The minimum Gasteiger partial charge on any atom is -0.380 e. The fourth-order valence-corrected chi connectivity index (χ4v) is 6.27. The first kappa shape index (κ1) is 29.4. The van der Waals surface area contributed by atoms with Gasteiger partial charge in [0.25, 0.3) is 0 Å². The second-order valence-corrected chi connectivity index (χ2v) is 17.6. The molecule has 0 aliphatic carbocycles. The fourth-order valence-electron chi connectivity index (χ4n) is 5.51. The van der Waals surface area contributed by atoms with Gasteiger partial charge in [-0.2, -0.15) is 15.6 Å². The van der Waals surface area contributed by atoms with Crippen molar-refractivity contribution in [3.05, 3.63) is 54.4 Å². The first-order valence-electron chi connectivity index (χ1n) is 14.2. The van der Waals surface area contributed by atoms with E-state index in [1.54, 1.807) is 19.6 Å². The van der Waals surface area contributed by atoms with Gasteiger partial charge in [0.15, 0.2) is 0 Å². The number of nitrogens with zero attached hydrogens (tertiary/aromatic N) is 9. The van der Waals surface area contributed by atoms with E-state index in [4.69, 9.17) is 14.6 Å². The zero-order valence-electron chi connectivity index (χ0n) is 24.7. The summed E-state index contributed by atoms with van der Waals surface area (Å²) in [6.07, 6.45) is 10.3. The van der Waals surface area contributed by atoms with Crippen molar-refractivity contribution in [3.8, 4) is 23.4 Å². The lowest BCUT2D eigenvalue weighted by atomic mass is 9.96. The molecule has 12 heteroatoms. The molecule has 0 unspecified atom stereocenters. The molecule has 1 fully saturated rings. The lowest BCUT2D eigenvalue weighted by molar-refractivity contribution is 0.0899. The van der Waals surface area contributed by atoms with Crippen LogP contribution in [0.25, 0.3) is 22.3 Å². The molecule has 1 aliphatic heterocycles. The van der Waals surface area contributed by atoms with Gasteiger partial charge < -0.3 is 18.9 Å². The van der Waals surface area contributed by atoms with E-state index in [-0.39, 0.29) is 12.0 Å². The van der Waals surface area contributed by atoms with Gasteiger partial charge in [-0.3, -0.25) is 4.68 Å². The largest absolute Gasteiger partial charge is 0.380 e. The van der Waals surface area contributed by atoms with Crippen LogP contribution in [0, 0.1) is 28.6 Å². The number of rotatable bonds is 12. The lowest BCUT2D eigenvalue weighted by Crippen LogP contribution is -2.26. The van der Waals surface area contributed by atoms with E-state index in [9.17, 15) is 10.5 Å². The summed E-state index contributed by atoms with van der Waals surface area (Å²) in [5, 5.41) is 25.2. The molecule has 0 N–H and O–H groups in total. The molecule has 1 aliphatic rings. The van der Waals surface area contributed by atoms with E-state index in [1.807, 2.05) is 40.0 Å². The lowest BCUT2D eigenvalue weighted by Gasteiger charge is -2.23. The van der Waals surface area contributed by atoms with Crippen LogP contribution in [0.1, 0.15) is 30.0 Å². The van der Waals surface area contributed by atoms with Crippen LogP contribution in [0.15, 0.2) is 43.2 Å². The molecule has 0 radical (unpaired) electrons. The van der Waals surface area contributed by atoms with Crippen LogP contribution < -0.4 is 4.90 Å². The molecule has 5 heterocycles. The van der Waals surface area contributed by atoms with Gasteiger partial charge in [-0.25, -0.2) is 15.0 Å². The Labute approximate surface area is 247 Å². The highest BCUT2D eigenvalue weighted by atomic mass is 28.3. The molecule has 2 atom stereocenters. The number of ether oxygens (including phenoxy) is 2. The van der Waals surface area contributed by atoms with Crippen LogP contribution >= 0.6 is 0 Å². The summed E-state index contributed by atoms with van der Waals surface area (Å²) in [6.45, 7) is 10.00. The van der Waals surface area contributed by atoms with Gasteiger partial charge in [-0.15, -0.1) is 0 Å². The summed E-state index contributed by atoms with van der Waals surface area (Å²) < 4.78 is 15.1. The van der Waals surface area contributed by atoms with Gasteiger partial charge in [-0.1, -0.05) is 19.6 Å². The molecule has 218 valence electrons. The van der Waals surface area contributed by atoms with Crippen molar-refractivity contribution < 1.29 is 9.47 Å². The molecule has 4 aromatic heterocycles. The van der Waals surface area contributed by atoms with E-state index >= 15 is 0 Å². The quantitative estimate of drug-likeness (QED) is 0.167. The van der Waals surface area contributed by atoms with Crippen LogP contribution in [-0.2, 0) is 22.8 Å². The minimum atomic E-state index is -1.15. The van der Waals surface area contributed by atoms with Gasteiger partial charge in [0.05, 0.1) is 37.0 Å². The highest BCUT2D eigenvalue weighted by molar-refractivity contribution is 6.76. The highest BCUT2D eigenvalue weighted by Gasteiger charge is 2.33. The number of nitriles is 2. The average Bonchev–Trinajstić information content (AvgIpc) is 3.74. The standard InChI is InChI=1S/C30H37N9O2Si/c1-40-19-23-6-10-33-30(26(23)15-32)37-11-7-22(17-37)27(5-9-31)39-18-24(16-36-39)28-25-8-12-38(29(25)35-20-34-28)21-41-13-14-42(2,3)4/h6,8,10,12,16,18,20,22,27H,5,7,11,13-14,17,19,21H2,1-4H3/t22-,27-/m0/s1. The molecule has 11 nitrogen and oxygen atoms in total. The summed E-state index contributed by atoms with van der Waals surface area (Å²) >= 11 is 0. The number of methoxy groups -OCH3 is 1. The Morgan fingerprint density at radius 3 is 2.79 bits per heavy atom. The van der Waals surface area contributed by atoms with Crippen LogP contribution in [0.5, 0.6) is 0 Å². The average molecular weight is 584 g/mol. The summed E-state index contributed by atoms with van der Waals surface area (Å²) in [6, 6.07) is 9.50. The minimum absolute atomic E-state index is 0.122. The van der Waals surface area contributed by atoms with Crippen LogP contribution in [0.2, 0.25) is 25.7 Å². The molecule has 4 aromatic rings. The van der Waals surface area contributed by atoms with E-state index in [2.05, 4.69) is 51.6 Å². The van der Waals surface area contributed by atoms with Crippen molar-refractivity contribution in [3.63, 3.8) is 0 Å². The van der Waals surface area contributed by atoms with Crippen molar-refractivity contribution in [2.24, 2.45) is 5.92 Å². The van der Waals surface area contributed by atoms with Crippen molar-refractivity contribution in [1.29, 1.82) is 10.5 Å². The number of fused-ring (bicyclic) bond motifs is 1. The van der Waals surface area contributed by atoms with Crippen LogP contribution in [-0.4, -0.2) is 64.2 Å². The molecule has 5 rings (SSSR count). The normalized spacial score (nSPS) is 16.0. The third-order valence-electron chi connectivity index (χ3n) is 7.80. The maximum Gasteiger partial charge on any atom is 0.146 e. The van der Waals surface area contributed by atoms with Crippen molar-refractivity contribution in [1.82, 2.24) is 29.3 Å². The zero-order valence-corrected chi connectivity index (χ0v) is 25.7. The maximum atomic E-state index is 9.85. The predicted octanol–water partition coefficient (Wildman–Crippen LogP) is 5.00. The van der Waals surface area contributed by atoms with Gasteiger partial charge in [-0.05, 0) is 24.6 Å². The second-order valence-electron chi connectivity index (χ2n) is 11.9. The van der Waals surface area contributed by atoms with Crippen molar-refractivity contribution in [2.45, 2.75) is 57.9 Å². The molecule has 42 heavy (non-hydrogen) atoms. The van der Waals surface area contributed by atoms with E-state index < -0.39 is 8.07 Å². The fraction of sp³-hybridized carbons (Fsp3) is 0.467. The molecule has 0 amide bonds. The first-order valence-corrected chi connectivity index (χ1v) is 17.9. The van der Waals surface area contributed by atoms with E-state index in [0.29, 0.717) is 37.7 Å². The van der Waals surface area contributed by atoms with E-state index in [0.717, 1.165) is 53.5 Å². The number of hydrogen-bond donors (Lipinski definition) is 0. The number of aromatic nitrogens is 6. The number of pyridine rings is 1. The van der Waals surface area contributed by atoms with Crippen molar-refractivity contribution in [2.75, 3.05) is 31.7 Å². The smallest absolute Gasteiger partial charge is 0.146 e. The Balaban J connectivity index is 1.34. The van der Waals surface area contributed by atoms with Gasteiger partial charge in [0.1, 0.15) is 36.2 Å². The molecular weight excluding hydrogens is 546 g/mol. The summed E-state index contributed by atoms with van der Waals surface area (Å²) in [4.78, 5) is 15.8. The van der Waals surface area contributed by atoms with Gasteiger partial charge in [0.2, 0.25) is 0 Å². The third kappa shape index (κ3) is 6.36. The Morgan fingerprint density at radius 1 is 1.17 bits per heavy atom. The monoisotopic (exact) mass is 583 g/mol. The summed E-state index contributed by atoms with van der Waals surface area (Å²) in [7, 11) is 0.463. The Hall–Kier alpha value is -4.10. The Kier molecular flexibility index (Phi) is 8.97. The molecule has 1 saturated heterocycles. The van der Waals surface area contributed by atoms with E-state index in [1.165, 1.54) is 0 Å². The number of hydrogen-bond acceptors (Lipinski definition) is 9. The zero-order chi connectivity index (χ0) is 29.7. The maximum absolute atomic E-state index is 9.85. The molecule has 0 aromatic carbocycles. The van der Waals surface area contributed by atoms with Crippen LogP contribution in [0.4, 0.5) is 5.82 Å². The summed E-state index contributed by atoms with van der Waals surface area (Å²) in [5.74, 6) is 0.834. The van der Waals surface area contributed by atoms with Crippen LogP contribution in [0.3, 0.4) is 0 Å². The van der Waals surface area contributed by atoms with Gasteiger partial charge >= 0.3 is 0 Å². The Bertz CT molecular complexity index is 1610. The first-order chi connectivity index (χ1) is 20.3.